The van der Waals surface area contributed by atoms with E-state index in [0.29, 0.717) is 0 Å². The van der Waals surface area contributed by atoms with Crippen molar-refractivity contribution < 1.29 is 0 Å². The Balaban J connectivity index is 0.000000371. The van der Waals surface area contributed by atoms with Gasteiger partial charge in [0.05, 0.1) is 0 Å². The van der Waals surface area contributed by atoms with Crippen molar-refractivity contribution in [3.05, 3.63) is 0 Å². The maximum atomic E-state index is 3.27. The van der Waals surface area contributed by atoms with Gasteiger partial charge in [0.15, 0.2) is 0 Å². The first-order valence-electron chi connectivity index (χ1n) is 3.85. The third kappa shape index (κ3) is 4.47. The Bertz CT molecular complexity index is 62.6. The lowest BCUT2D eigenvalue weighted by atomic mass is 10.3. The van der Waals surface area contributed by atoms with Crippen LogP contribution in [0.25, 0.3) is 0 Å². The molecule has 1 unspecified atom stereocenters. The Labute approximate surface area is 72.1 Å². The van der Waals surface area contributed by atoms with Crippen molar-refractivity contribution in [2.75, 3.05) is 18.6 Å². The normalized spacial score (nSPS) is 24.9. The molecule has 1 rings (SSSR count). The van der Waals surface area contributed by atoms with Gasteiger partial charge in [-0.1, -0.05) is 35.4 Å². The molecule has 3 heteroatoms. The van der Waals surface area contributed by atoms with Crippen molar-refractivity contribution in [2.45, 2.75) is 26.3 Å². The molecule has 0 saturated carbocycles. The average molecular weight is 179 g/mol. The molecule has 0 aromatic carbocycles. The van der Waals surface area contributed by atoms with Crippen molar-refractivity contribution >= 4 is 21.6 Å². The third-order valence-corrected chi connectivity index (χ3v) is 3.83. The van der Waals surface area contributed by atoms with E-state index in [2.05, 4.69) is 5.32 Å². The minimum atomic E-state index is 0.779. The van der Waals surface area contributed by atoms with Crippen LogP contribution in [0.5, 0.6) is 0 Å². The number of hydrogen-bond acceptors (Lipinski definition) is 3. The molecule has 1 nitrogen and oxygen atoms in total. The maximum Gasteiger partial charge on any atom is 0.0191 e. The van der Waals surface area contributed by atoms with Crippen LogP contribution < -0.4 is 5.32 Å². The SMILES string of the molecule is CC.CNC1CCSSC1. The zero-order valence-electron chi connectivity index (χ0n) is 7.02. The predicted octanol–water partition coefficient (Wildman–Crippen LogP) is 2.39. The van der Waals surface area contributed by atoms with Crippen molar-refractivity contribution in [2.24, 2.45) is 0 Å². The monoisotopic (exact) mass is 179 g/mol. The zero-order chi connectivity index (χ0) is 7.82. The molecule has 0 radical (unpaired) electrons. The molecule has 0 bridgehead atoms. The van der Waals surface area contributed by atoms with E-state index in [4.69, 9.17) is 0 Å². The van der Waals surface area contributed by atoms with Gasteiger partial charge in [-0.05, 0) is 13.5 Å². The molecule has 1 aliphatic heterocycles. The molecule has 1 N–H and O–H groups in total. The summed E-state index contributed by atoms with van der Waals surface area (Å²) in [5.41, 5.74) is 0. The van der Waals surface area contributed by atoms with Crippen LogP contribution in [0, 0.1) is 0 Å². The molecule has 0 aromatic heterocycles. The molecule has 0 aliphatic carbocycles. The molecule has 0 amide bonds. The Hall–Kier alpha value is 0.660. The van der Waals surface area contributed by atoms with E-state index in [1.165, 1.54) is 17.9 Å². The van der Waals surface area contributed by atoms with Crippen molar-refractivity contribution in [3.63, 3.8) is 0 Å². The Morgan fingerprint density at radius 1 is 1.30 bits per heavy atom. The molecule has 62 valence electrons. The summed E-state index contributed by atoms with van der Waals surface area (Å²) in [6.45, 7) is 4.00. The summed E-state index contributed by atoms with van der Waals surface area (Å²) in [7, 11) is 6.02. The summed E-state index contributed by atoms with van der Waals surface area (Å²) >= 11 is 0. The van der Waals surface area contributed by atoms with E-state index in [1.807, 2.05) is 42.5 Å². The van der Waals surface area contributed by atoms with Gasteiger partial charge < -0.3 is 5.32 Å². The second-order valence-corrected chi connectivity index (χ2v) is 4.51. The lowest BCUT2D eigenvalue weighted by Gasteiger charge is -2.19. The quantitative estimate of drug-likeness (QED) is 0.621. The molecule has 1 fully saturated rings. The van der Waals surface area contributed by atoms with Crippen LogP contribution in [0.1, 0.15) is 20.3 Å². The summed E-state index contributed by atoms with van der Waals surface area (Å²) < 4.78 is 0. The Morgan fingerprint density at radius 3 is 2.30 bits per heavy atom. The second kappa shape index (κ2) is 7.76. The van der Waals surface area contributed by atoms with E-state index in [-0.39, 0.29) is 0 Å². The Morgan fingerprint density at radius 2 is 2.00 bits per heavy atom. The summed E-state index contributed by atoms with van der Waals surface area (Å²) in [4.78, 5) is 0. The van der Waals surface area contributed by atoms with Gasteiger partial charge in [-0.15, -0.1) is 0 Å². The lowest BCUT2D eigenvalue weighted by Crippen LogP contribution is -2.29. The van der Waals surface area contributed by atoms with E-state index in [1.54, 1.807) is 0 Å². The van der Waals surface area contributed by atoms with Gasteiger partial charge in [-0.3, -0.25) is 0 Å². The Kier molecular flexibility index (Phi) is 8.28. The zero-order valence-corrected chi connectivity index (χ0v) is 8.65. The van der Waals surface area contributed by atoms with Gasteiger partial charge in [0.1, 0.15) is 0 Å². The summed E-state index contributed by atoms with van der Waals surface area (Å²) in [5, 5.41) is 3.27. The average Bonchev–Trinajstić information content (AvgIpc) is 2.10. The van der Waals surface area contributed by atoms with Gasteiger partial charge >= 0.3 is 0 Å². The minimum absolute atomic E-state index is 0.779. The van der Waals surface area contributed by atoms with Crippen LogP contribution in [0.3, 0.4) is 0 Å². The fourth-order valence-electron chi connectivity index (χ4n) is 0.691. The molecular formula is C7H17NS2. The first kappa shape index (κ1) is 10.7. The molecule has 1 heterocycles. The van der Waals surface area contributed by atoms with E-state index in [9.17, 15) is 0 Å². The van der Waals surface area contributed by atoms with Crippen LogP contribution >= 0.6 is 21.6 Å². The molecule has 1 saturated heterocycles. The van der Waals surface area contributed by atoms with Crippen LogP contribution in [-0.4, -0.2) is 24.6 Å². The highest BCUT2D eigenvalue weighted by molar-refractivity contribution is 8.76. The van der Waals surface area contributed by atoms with E-state index in [0.717, 1.165) is 6.04 Å². The van der Waals surface area contributed by atoms with E-state index < -0.39 is 0 Å². The van der Waals surface area contributed by atoms with Gasteiger partial charge in [-0.25, -0.2) is 0 Å². The first-order valence-corrected chi connectivity index (χ1v) is 6.34. The third-order valence-electron chi connectivity index (χ3n) is 1.31. The molecule has 0 spiro atoms. The van der Waals surface area contributed by atoms with Gasteiger partial charge in [-0.2, -0.15) is 0 Å². The molecule has 1 atom stereocenters. The van der Waals surface area contributed by atoms with Crippen LogP contribution in [-0.2, 0) is 0 Å². The summed E-state index contributed by atoms with van der Waals surface area (Å²) in [6, 6.07) is 0.779. The van der Waals surface area contributed by atoms with Crippen LogP contribution in [0.4, 0.5) is 0 Å². The van der Waals surface area contributed by atoms with Crippen molar-refractivity contribution in [1.82, 2.24) is 5.32 Å². The minimum Gasteiger partial charge on any atom is -0.316 e. The topological polar surface area (TPSA) is 12.0 Å². The largest absolute Gasteiger partial charge is 0.316 e. The smallest absolute Gasteiger partial charge is 0.0191 e. The fraction of sp³-hybridized carbons (Fsp3) is 1.00. The van der Waals surface area contributed by atoms with Crippen LogP contribution in [0.15, 0.2) is 0 Å². The second-order valence-electron chi connectivity index (χ2n) is 1.88. The van der Waals surface area contributed by atoms with Crippen molar-refractivity contribution in [1.29, 1.82) is 0 Å². The standard InChI is InChI=1S/C5H11NS2.C2H6/c1-6-5-2-3-7-8-4-5;1-2/h5-6H,2-4H2,1H3;1-2H3. The maximum absolute atomic E-state index is 3.27. The highest BCUT2D eigenvalue weighted by atomic mass is 33.1. The van der Waals surface area contributed by atoms with Crippen molar-refractivity contribution in [3.8, 4) is 0 Å². The first-order chi connectivity index (χ1) is 4.93. The predicted molar refractivity (Wildman–Crippen MR) is 53.7 cm³/mol. The lowest BCUT2D eigenvalue weighted by molar-refractivity contribution is 0.605. The summed E-state index contributed by atoms with van der Waals surface area (Å²) in [5.74, 6) is 2.59. The highest BCUT2D eigenvalue weighted by Gasteiger charge is 2.10. The number of hydrogen-bond donors (Lipinski definition) is 1. The van der Waals surface area contributed by atoms with Crippen LogP contribution in [0.2, 0.25) is 0 Å². The number of nitrogens with one attached hydrogen (secondary N) is 1. The molecular weight excluding hydrogens is 162 g/mol. The molecule has 0 aromatic rings. The number of rotatable bonds is 1. The molecule has 10 heavy (non-hydrogen) atoms. The van der Waals surface area contributed by atoms with E-state index >= 15 is 0 Å². The highest BCUT2D eigenvalue weighted by Crippen LogP contribution is 2.28. The van der Waals surface area contributed by atoms with Gasteiger partial charge in [0.25, 0.3) is 0 Å². The molecule has 1 aliphatic rings. The van der Waals surface area contributed by atoms with Gasteiger partial charge in [0, 0.05) is 17.5 Å². The fourth-order valence-corrected chi connectivity index (χ4v) is 3.21. The van der Waals surface area contributed by atoms with Gasteiger partial charge in [0.2, 0.25) is 0 Å². The summed E-state index contributed by atoms with van der Waals surface area (Å²) in [6.07, 6.45) is 1.34.